The average molecular weight is 467 g/mol. The van der Waals surface area contributed by atoms with Crippen LogP contribution in [0.3, 0.4) is 0 Å². The van der Waals surface area contributed by atoms with Gasteiger partial charge >= 0.3 is 0 Å². The van der Waals surface area contributed by atoms with Gasteiger partial charge in [0.05, 0.1) is 33.1 Å². The number of hydrogen-bond donors (Lipinski definition) is 1. The maximum absolute atomic E-state index is 12.7. The minimum absolute atomic E-state index is 0.0560. The van der Waals surface area contributed by atoms with Gasteiger partial charge < -0.3 is 5.32 Å². The number of anilines is 1. The predicted octanol–water partition coefficient (Wildman–Crippen LogP) is 4.46. The number of nitrogens with one attached hydrogen (secondary N) is 1. The first-order chi connectivity index (χ1) is 14.3. The summed E-state index contributed by atoms with van der Waals surface area (Å²) in [5.41, 5.74) is 1.18. The molecule has 0 aliphatic rings. The molecule has 0 unspecified atom stereocenters. The second-order valence-electron chi connectivity index (χ2n) is 6.34. The lowest BCUT2D eigenvalue weighted by Crippen LogP contribution is -2.30. The molecule has 158 valence electrons. The van der Waals surface area contributed by atoms with Crippen LogP contribution in [0.2, 0.25) is 10.0 Å². The van der Waals surface area contributed by atoms with E-state index in [9.17, 15) is 13.2 Å². The molecule has 0 saturated carbocycles. The van der Waals surface area contributed by atoms with Gasteiger partial charge in [-0.2, -0.15) is 9.40 Å². The Balaban J connectivity index is 1.85. The van der Waals surface area contributed by atoms with E-state index < -0.39 is 15.9 Å². The molecular formula is C20H20Cl2N4O3S. The summed E-state index contributed by atoms with van der Waals surface area (Å²) in [6.07, 6.45) is 2.95. The van der Waals surface area contributed by atoms with Gasteiger partial charge in [0.2, 0.25) is 10.0 Å². The molecule has 0 bridgehead atoms. The van der Waals surface area contributed by atoms with Crippen molar-refractivity contribution < 1.29 is 13.2 Å². The average Bonchev–Trinajstić information content (AvgIpc) is 3.20. The van der Waals surface area contributed by atoms with Crippen molar-refractivity contribution in [3.05, 3.63) is 70.5 Å². The summed E-state index contributed by atoms with van der Waals surface area (Å²) in [5, 5.41) is 7.61. The van der Waals surface area contributed by atoms with E-state index in [1.54, 1.807) is 44.3 Å². The number of aromatic nitrogens is 2. The summed E-state index contributed by atoms with van der Waals surface area (Å²) in [6, 6.07) is 11.3. The third-order valence-corrected chi connectivity index (χ3v) is 7.06. The van der Waals surface area contributed by atoms with Crippen molar-refractivity contribution >= 4 is 44.8 Å². The molecule has 1 N–H and O–H groups in total. The fraction of sp³-hybridized carbons (Fsp3) is 0.200. The van der Waals surface area contributed by atoms with Crippen molar-refractivity contribution in [3.8, 4) is 5.69 Å². The molecule has 30 heavy (non-hydrogen) atoms. The van der Waals surface area contributed by atoms with Crippen LogP contribution in [0.25, 0.3) is 5.69 Å². The van der Waals surface area contributed by atoms with E-state index in [1.807, 2.05) is 0 Å². The zero-order valence-electron chi connectivity index (χ0n) is 16.3. The molecule has 0 aliphatic carbocycles. The van der Waals surface area contributed by atoms with Crippen LogP contribution in [0.1, 0.15) is 24.2 Å². The number of rotatable bonds is 7. The third-order valence-electron chi connectivity index (χ3n) is 4.45. The van der Waals surface area contributed by atoms with Crippen molar-refractivity contribution in [2.24, 2.45) is 0 Å². The molecule has 0 saturated heterocycles. The van der Waals surface area contributed by atoms with E-state index in [-0.39, 0.29) is 21.2 Å². The molecular weight excluding hydrogens is 447 g/mol. The Morgan fingerprint density at radius 3 is 2.53 bits per heavy atom. The lowest BCUT2D eigenvalue weighted by molar-refractivity contribution is 0.102. The molecule has 0 aliphatic heterocycles. The van der Waals surface area contributed by atoms with Crippen LogP contribution in [0.4, 0.5) is 5.69 Å². The van der Waals surface area contributed by atoms with E-state index in [4.69, 9.17) is 23.2 Å². The number of sulfonamides is 1. The van der Waals surface area contributed by atoms with Crippen molar-refractivity contribution in [2.45, 2.75) is 18.7 Å². The third kappa shape index (κ3) is 4.67. The Morgan fingerprint density at radius 1 is 1.13 bits per heavy atom. The van der Waals surface area contributed by atoms with Gasteiger partial charge in [-0.15, -0.1) is 0 Å². The molecule has 1 aromatic heterocycles. The summed E-state index contributed by atoms with van der Waals surface area (Å²) in [4.78, 5) is 12.7. The van der Waals surface area contributed by atoms with Crippen LogP contribution in [0, 0.1) is 0 Å². The molecule has 3 aromatic rings. The fourth-order valence-corrected chi connectivity index (χ4v) is 4.70. The Bertz CT molecular complexity index is 1170. The first kappa shape index (κ1) is 22.3. The summed E-state index contributed by atoms with van der Waals surface area (Å²) >= 11 is 12.2. The lowest BCUT2D eigenvalue weighted by Gasteiger charge is -2.19. The van der Waals surface area contributed by atoms with Crippen LogP contribution >= 0.6 is 23.2 Å². The molecule has 3 rings (SSSR count). The minimum Gasteiger partial charge on any atom is -0.320 e. The summed E-state index contributed by atoms with van der Waals surface area (Å²) in [5.74, 6) is -0.470. The van der Waals surface area contributed by atoms with E-state index in [0.717, 1.165) is 0 Å². The summed E-state index contributed by atoms with van der Waals surface area (Å²) < 4.78 is 28.3. The highest BCUT2D eigenvalue weighted by Crippen LogP contribution is 2.27. The Kier molecular flexibility index (Phi) is 6.82. The number of carbonyl (C=O) groups is 1. The van der Waals surface area contributed by atoms with Gasteiger partial charge in [0.25, 0.3) is 5.91 Å². The predicted molar refractivity (Wildman–Crippen MR) is 118 cm³/mol. The minimum atomic E-state index is -3.68. The van der Waals surface area contributed by atoms with Crippen molar-refractivity contribution in [1.82, 2.24) is 14.1 Å². The second-order valence-corrected chi connectivity index (χ2v) is 9.12. The first-order valence-corrected chi connectivity index (χ1v) is 11.4. The molecule has 1 amide bonds. The monoisotopic (exact) mass is 466 g/mol. The van der Waals surface area contributed by atoms with E-state index in [0.29, 0.717) is 23.8 Å². The standard InChI is InChI=1S/C20H20Cl2N4O3S/c1-3-25(4-2)30(28,29)17-8-9-18(22)19(11-17)24-20(27)14-12-23-26(13-14)16-7-5-6-15(21)10-16/h5-13H,3-4H2,1-2H3,(H,24,27). The number of amides is 1. The van der Waals surface area contributed by atoms with Gasteiger partial charge in [0.15, 0.2) is 0 Å². The molecule has 10 heteroatoms. The Morgan fingerprint density at radius 2 is 1.87 bits per heavy atom. The zero-order valence-corrected chi connectivity index (χ0v) is 18.7. The molecule has 7 nitrogen and oxygen atoms in total. The number of carbonyl (C=O) groups excluding carboxylic acids is 1. The maximum Gasteiger partial charge on any atom is 0.258 e. The van der Waals surface area contributed by atoms with E-state index in [2.05, 4.69) is 10.4 Å². The van der Waals surface area contributed by atoms with Crippen LogP contribution in [0.5, 0.6) is 0 Å². The van der Waals surface area contributed by atoms with Crippen LogP contribution < -0.4 is 5.32 Å². The SMILES string of the molecule is CCN(CC)S(=O)(=O)c1ccc(Cl)c(NC(=O)c2cnn(-c3cccc(Cl)c3)c2)c1. The van der Waals surface area contributed by atoms with Gasteiger partial charge in [0.1, 0.15) is 0 Å². The lowest BCUT2D eigenvalue weighted by atomic mass is 10.3. The van der Waals surface area contributed by atoms with E-state index in [1.165, 1.54) is 33.4 Å². The highest BCUT2D eigenvalue weighted by Gasteiger charge is 2.23. The normalized spacial score (nSPS) is 11.6. The second kappa shape index (κ2) is 9.18. The van der Waals surface area contributed by atoms with Gasteiger partial charge in [-0.3, -0.25) is 4.79 Å². The van der Waals surface area contributed by atoms with Crippen molar-refractivity contribution in [1.29, 1.82) is 0 Å². The van der Waals surface area contributed by atoms with Crippen LogP contribution in [-0.4, -0.2) is 41.5 Å². The summed E-state index contributed by atoms with van der Waals surface area (Å²) in [7, 11) is -3.68. The smallest absolute Gasteiger partial charge is 0.258 e. The number of benzene rings is 2. The molecule has 0 fully saturated rings. The summed E-state index contributed by atoms with van der Waals surface area (Å²) in [6.45, 7) is 4.20. The number of halogens is 2. The first-order valence-electron chi connectivity index (χ1n) is 9.18. The molecule has 0 spiro atoms. The topological polar surface area (TPSA) is 84.3 Å². The van der Waals surface area contributed by atoms with Gasteiger partial charge in [0, 0.05) is 24.3 Å². The fourth-order valence-electron chi connectivity index (χ4n) is 2.87. The highest BCUT2D eigenvalue weighted by molar-refractivity contribution is 7.89. The largest absolute Gasteiger partial charge is 0.320 e. The molecule has 1 heterocycles. The molecule has 0 radical (unpaired) electrons. The number of nitrogens with zero attached hydrogens (tertiary/aromatic N) is 3. The van der Waals surface area contributed by atoms with Gasteiger partial charge in [-0.05, 0) is 36.4 Å². The van der Waals surface area contributed by atoms with Crippen LogP contribution in [0.15, 0.2) is 59.8 Å². The molecule has 0 atom stereocenters. The zero-order chi connectivity index (χ0) is 21.9. The quantitative estimate of drug-likeness (QED) is 0.556. The Labute approximate surface area is 185 Å². The Hall–Kier alpha value is -2.39. The van der Waals surface area contributed by atoms with Crippen molar-refractivity contribution in [2.75, 3.05) is 18.4 Å². The van der Waals surface area contributed by atoms with E-state index >= 15 is 0 Å². The highest BCUT2D eigenvalue weighted by atomic mass is 35.5. The number of hydrogen-bond acceptors (Lipinski definition) is 4. The van der Waals surface area contributed by atoms with Crippen molar-refractivity contribution in [3.63, 3.8) is 0 Å². The molecule has 2 aromatic carbocycles. The van der Waals surface area contributed by atoms with Gasteiger partial charge in [-0.1, -0.05) is 43.1 Å². The maximum atomic E-state index is 12.7. The van der Waals surface area contributed by atoms with Crippen LogP contribution in [-0.2, 0) is 10.0 Å². The van der Waals surface area contributed by atoms with Gasteiger partial charge in [-0.25, -0.2) is 13.1 Å².